The number of nitrogens with one attached hydrogen (secondary N) is 1. The van der Waals surface area contributed by atoms with Gasteiger partial charge in [0.25, 0.3) is 0 Å². The van der Waals surface area contributed by atoms with Gasteiger partial charge >= 0.3 is 5.97 Å². The van der Waals surface area contributed by atoms with Crippen LogP contribution in [0.2, 0.25) is 0 Å². The van der Waals surface area contributed by atoms with Gasteiger partial charge in [-0.3, -0.25) is 9.59 Å². The summed E-state index contributed by atoms with van der Waals surface area (Å²) in [6.45, 7) is 3.38. The number of carboxylic acid groups (broad SMARTS) is 1. The molecule has 0 aliphatic carbocycles. The highest BCUT2D eigenvalue weighted by Gasteiger charge is 2.64. The Morgan fingerprint density at radius 1 is 1.40 bits per heavy atom. The topological polar surface area (TPSA) is 133 Å². The fourth-order valence-electron chi connectivity index (χ4n) is 2.99. The molecule has 0 saturated carbocycles. The van der Waals surface area contributed by atoms with Gasteiger partial charge < -0.3 is 26.2 Å². The van der Waals surface area contributed by atoms with E-state index < -0.39 is 81.5 Å². The van der Waals surface area contributed by atoms with Crippen LogP contribution in [-0.4, -0.2) is 55.1 Å². The normalized spacial score (nSPS) is 30.3. The molecule has 0 radical (unpaired) electrons. The molecule has 0 bridgehead atoms. The van der Waals surface area contributed by atoms with E-state index in [0.717, 1.165) is 0 Å². The third kappa shape index (κ3) is 2.83. The molecule has 5 N–H and O–H groups in total. The van der Waals surface area contributed by atoms with Crippen LogP contribution in [0.5, 0.6) is 5.75 Å². The van der Waals surface area contributed by atoms with Crippen molar-refractivity contribution in [1.29, 1.82) is 0 Å². The molecular formula is C16H19N3O5S. The number of carbonyl (C=O) groups is 3. The van der Waals surface area contributed by atoms with Gasteiger partial charge in [0, 0.05) is 4.75 Å². The number of amides is 2. The van der Waals surface area contributed by atoms with Gasteiger partial charge in [-0.2, -0.15) is 0 Å². The van der Waals surface area contributed by atoms with Gasteiger partial charge in [-0.05, 0) is 31.5 Å². The number of rotatable bonds is 4. The maximum absolute atomic E-state index is 12.6. The molecule has 2 aliphatic rings. The van der Waals surface area contributed by atoms with Crippen LogP contribution in [0.4, 0.5) is 0 Å². The summed E-state index contributed by atoms with van der Waals surface area (Å²) in [6.07, 6.45) is 0. The third-order valence-corrected chi connectivity index (χ3v) is 5.77. The summed E-state index contributed by atoms with van der Waals surface area (Å²) in [6, 6.07) is -6.46. The van der Waals surface area contributed by atoms with Crippen molar-refractivity contribution in [2.24, 2.45) is 5.73 Å². The van der Waals surface area contributed by atoms with Crippen LogP contribution in [0.15, 0.2) is 24.2 Å². The number of fused-ring (bicyclic) bond motifs is 1. The number of nitrogens with zero attached hydrogens (tertiary/aromatic N) is 1. The maximum atomic E-state index is 12.6. The lowest BCUT2D eigenvalue weighted by Crippen LogP contribution is -2.71. The molecule has 2 aliphatic heterocycles. The molecule has 4 atom stereocenters. The quantitative estimate of drug-likeness (QED) is 0.550. The number of hydrogen-bond donors (Lipinski definition) is 4. The Bertz CT molecular complexity index is 915. The Kier molecular flexibility index (Phi) is 3.08. The molecule has 0 spiro atoms. The first-order valence-electron chi connectivity index (χ1n) is 9.39. The number of phenols is 1. The third-order valence-electron chi connectivity index (χ3n) is 4.20. The van der Waals surface area contributed by atoms with Gasteiger partial charge in [0.1, 0.15) is 29.2 Å². The summed E-state index contributed by atoms with van der Waals surface area (Å²) in [7, 11) is 0. The number of carboxylic acids is 1. The highest BCUT2D eigenvalue weighted by molar-refractivity contribution is 8.01. The van der Waals surface area contributed by atoms with Crippen molar-refractivity contribution >= 4 is 29.5 Å². The van der Waals surface area contributed by atoms with Gasteiger partial charge in [0.2, 0.25) is 11.8 Å². The van der Waals surface area contributed by atoms with Crippen molar-refractivity contribution in [3.05, 3.63) is 29.7 Å². The van der Waals surface area contributed by atoms with Gasteiger partial charge in [0.05, 0.1) is 5.48 Å². The molecule has 134 valence electrons. The number of hydrogen-bond acceptors (Lipinski definition) is 6. The minimum atomic E-state index is -1.62. The molecule has 9 heteroatoms. The largest absolute Gasteiger partial charge is 0.508 e. The monoisotopic (exact) mass is 369 g/mol. The Morgan fingerprint density at radius 3 is 2.56 bits per heavy atom. The fourth-order valence-corrected chi connectivity index (χ4v) is 4.62. The van der Waals surface area contributed by atoms with E-state index in [0.29, 0.717) is 0 Å². The van der Waals surface area contributed by atoms with E-state index >= 15 is 0 Å². The van der Waals surface area contributed by atoms with Crippen LogP contribution in [0, 0.1) is 0 Å². The average molecular weight is 369 g/mol. The first kappa shape index (κ1) is 13.0. The molecule has 1 aromatic carbocycles. The van der Waals surface area contributed by atoms with E-state index in [-0.39, 0.29) is 0 Å². The minimum absolute atomic E-state index is 0.415. The lowest BCUT2D eigenvalue weighted by atomic mass is 9.95. The molecular weight excluding hydrogens is 346 g/mol. The highest BCUT2D eigenvalue weighted by atomic mass is 32.2. The first-order chi connectivity index (χ1) is 13.3. The van der Waals surface area contributed by atoms with E-state index in [2.05, 4.69) is 5.32 Å². The van der Waals surface area contributed by atoms with Crippen molar-refractivity contribution < 1.29 is 30.1 Å². The zero-order valence-electron chi connectivity index (χ0n) is 17.4. The molecule has 8 nitrogen and oxygen atoms in total. The molecule has 2 saturated heterocycles. The Labute approximate surface area is 154 Å². The number of aromatic hydroxyl groups is 1. The van der Waals surface area contributed by atoms with Gasteiger partial charge in [-0.15, -0.1) is 11.8 Å². The predicted molar refractivity (Wildman–Crippen MR) is 90.7 cm³/mol. The standard InChI is InChI=1S/C16H19N3O5S/c1-16(2)11(15(23)24)19-13(22)10(14(19)25-16)18-12(21)9(17)7-3-5-8(20)6-4-7/h3-6,9-11,14,20H,17H2,1-2H3,(H,18,21)(H,23,24)/t9-,10-,11+,14?/m1/s1/i3D,4D,5D,6D. The second-order valence-corrected chi connectivity index (χ2v) is 8.10. The molecule has 2 amide bonds. The molecule has 0 aromatic heterocycles. The summed E-state index contributed by atoms with van der Waals surface area (Å²) in [5, 5.41) is 20.8. The van der Waals surface area contributed by atoms with Crippen molar-refractivity contribution in [3.63, 3.8) is 0 Å². The van der Waals surface area contributed by atoms with Crippen molar-refractivity contribution in [1.82, 2.24) is 10.2 Å². The van der Waals surface area contributed by atoms with Crippen molar-refractivity contribution in [2.45, 2.75) is 42.1 Å². The Hall–Kier alpha value is -2.26. The first-order valence-corrected chi connectivity index (χ1v) is 8.27. The van der Waals surface area contributed by atoms with Gasteiger partial charge in [0.15, 0.2) is 0 Å². The van der Waals surface area contributed by atoms with E-state index in [9.17, 15) is 24.6 Å². The molecule has 2 fully saturated rings. The summed E-state index contributed by atoms with van der Waals surface area (Å²) in [5.41, 5.74) is 5.43. The van der Waals surface area contributed by atoms with Crippen LogP contribution in [0.25, 0.3) is 0 Å². The molecule has 1 aromatic rings. The zero-order chi connectivity index (χ0) is 22.0. The van der Waals surface area contributed by atoms with Gasteiger partial charge in [-0.1, -0.05) is 12.1 Å². The SMILES string of the molecule is [2H]c1c([2H])c([C@@H](N)C(=O)N[C@@H]2C(=O)N3C2SC(C)(C)[C@@H]3C(=O)O)c([2H])c([2H])c1O. The van der Waals surface area contributed by atoms with E-state index in [1.54, 1.807) is 13.8 Å². The number of thioether (sulfide) groups is 1. The zero-order valence-corrected chi connectivity index (χ0v) is 14.2. The van der Waals surface area contributed by atoms with Crippen LogP contribution in [-0.2, 0) is 14.4 Å². The lowest BCUT2D eigenvalue weighted by Gasteiger charge is -2.43. The summed E-state index contributed by atoms with van der Waals surface area (Å²) < 4.78 is 30.2. The fraction of sp³-hybridized carbons (Fsp3) is 0.438. The lowest BCUT2D eigenvalue weighted by molar-refractivity contribution is -0.161. The van der Waals surface area contributed by atoms with E-state index in [1.807, 2.05) is 0 Å². The van der Waals surface area contributed by atoms with Crippen LogP contribution >= 0.6 is 11.8 Å². The summed E-state index contributed by atoms with van der Waals surface area (Å²) in [5.74, 6) is -3.49. The summed E-state index contributed by atoms with van der Waals surface area (Å²) in [4.78, 5) is 37.8. The molecule has 3 rings (SSSR count). The van der Waals surface area contributed by atoms with E-state index in [4.69, 9.17) is 11.2 Å². The number of benzene rings is 1. The number of nitrogens with two attached hydrogens (primary N) is 1. The number of carbonyl (C=O) groups excluding carboxylic acids is 2. The number of phenolic OH excluding ortho intramolecular Hbond substituents is 1. The van der Waals surface area contributed by atoms with Crippen LogP contribution in [0.1, 0.15) is 30.9 Å². The Balaban J connectivity index is 1.83. The second kappa shape index (κ2) is 5.92. The highest BCUT2D eigenvalue weighted by Crippen LogP contribution is 2.50. The average Bonchev–Trinajstić information content (AvgIpc) is 2.90. The minimum Gasteiger partial charge on any atom is -0.508 e. The summed E-state index contributed by atoms with van der Waals surface area (Å²) >= 11 is 1.23. The van der Waals surface area contributed by atoms with Crippen molar-refractivity contribution in [2.75, 3.05) is 0 Å². The van der Waals surface area contributed by atoms with Gasteiger partial charge in [-0.25, -0.2) is 4.79 Å². The van der Waals surface area contributed by atoms with Crippen LogP contribution in [0.3, 0.4) is 0 Å². The number of aliphatic carboxylic acids is 1. The molecule has 25 heavy (non-hydrogen) atoms. The molecule has 2 heterocycles. The Morgan fingerprint density at radius 2 is 2.00 bits per heavy atom. The molecule has 1 unspecified atom stereocenters. The van der Waals surface area contributed by atoms with E-state index in [1.165, 1.54) is 16.7 Å². The maximum Gasteiger partial charge on any atom is 0.327 e. The smallest absolute Gasteiger partial charge is 0.327 e. The predicted octanol–water partition coefficient (Wildman–Crippen LogP) is 0.0237. The number of β-lactam (4-membered cyclic amide) rings is 1. The van der Waals surface area contributed by atoms with Crippen molar-refractivity contribution in [3.8, 4) is 5.75 Å². The second-order valence-electron chi connectivity index (χ2n) is 6.32. The van der Waals surface area contributed by atoms with Crippen LogP contribution < -0.4 is 11.1 Å².